The van der Waals surface area contributed by atoms with Gasteiger partial charge in [-0.15, -0.1) is 5.06 Å². The van der Waals surface area contributed by atoms with Crippen molar-refractivity contribution in [3.8, 4) is 0 Å². The summed E-state index contributed by atoms with van der Waals surface area (Å²) in [5.41, 5.74) is 0. The van der Waals surface area contributed by atoms with Gasteiger partial charge in [-0.3, -0.25) is 24.0 Å². The predicted molar refractivity (Wildman–Crippen MR) is 98.0 cm³/mol. The van der Waals surface area contributed by atoms with Crippen molar-refractivity contribution in [3.05, 3.63) is 0 Å². The molecule has 0 aromatic heterocycles. The van der Waals surface area contributed by atoms with E-state index >= 15 is 0 Å². The summed E-state index contributed by atoms with van der Waals surface area (Å²) >= 11 is 0. The second kappa shape index (κ2) is 12.9. The number of carbonyl (C=O) groups excluding carboxylic acids is 6. The zero-order chi connectivity index (χ0) is 22.6. The molecule has 0 N–H and O–H groups in total. The number of hydrogen-bond donors (Lipinski definition) is 0. The van der Waals surface area contributed by atoms with Crippen LogP contribution in [0.15, 0.2) is 0 Å². The molecule has 2 rings (SSSR count). The van der Waals surface area contributed by atoms with Crippen LogP contribution < -0.4 is 0 Å². The lowest BCUT2D eigenvalue weighted by Crippen LogP contribution is -2.32. The number of Topliss-reactive ketones (excluding diaryl/α,β-unsaturated/α-hetero) is 2. The molecule has 0 radical (unpaired) electrons. The highest BCUT2D eigenvalue weighted by Gasteiger charge is 2.36. The number of carbonyl (C=O) groups is 6. The summed E-state index contributed by atoms with van der Waals surface area (Å²) in [6.07, 6.45) is -1.16. The predicted octanol–water partition coefficient (Wildman–Crippen LogP) is -0.733. The molecule has 2 fully saturated rings. The van der Waals surface area contributed by atoms with Gasteiger partial charge in [-0.1, -0.05) is 0 Å². The summed E-state index contributed by atoms with van der Waals surface area (Å²) in [7, 11) is 0. The zero-order valence-electron chi connectivity index (χ0n) is 17.0. The molecule has 0 aromatic carbocycles. The monoisotopic (exact) mass is 443 g/mol. The highest BCUT2D eigenvalue weighted by Crippen LogP contribution is 2.15. The number of ketones is 2. The van der Waals surface area contributed by atoms with Crippen molar-refractivity contribution in [1.29, 1.82) is 0 Å². The van der Waals surface area contributed by atoms with Crippen LogP contribution in [0.2, 0.25) is 0 Å². The minimum atomic E-state index is -1.26. The Hall–Kier alpha value is -2.70. The Morgan fingerprint density at radius 2 is 1.13 bits per heavy atom. The fourth-order valence-corrected chi connectivity index (χ4v) is 2.67. The van der Waals surface area contributed by atoms with E-state index in [0.717, 1.165) is 0 Å². The summed E-state index contributed by atoms with van der Waals surface area (Å²) in [5, 5.41) is 0.485. The van der Waals surface area contributed by atoms with E-state index in [0.29, 0.717) is 5.06 Å². The zero-order valence-corrected chi connectivity index (χ0v) is 17.0. The average molecular weight is 443 g/mol. The first-order valence-electron chi connectivity index (χ1n) is 9.93. The lowest BCUT2D eigenvalue weighted by atomic mass is 10.3. The summed E-state index contributed by atoms with van der Waals surface area (Å²) < 4.78 is 20.5. The molecular weight excluding hydrogens is 418 g/mol. The Labute approximate surface area is 178 Å². The van der Waals surface area contributed by atoms with Crippen LogP contribution in [-0.4, -0.2) is 86.1 Å². The Balaban J connectivity index is 1.37. The largest absolute Gasteiger partial charge is 0.446 e. The molecule has 0 bridgehead atoms. The summed E-state index contributed by atoms with van der Waals surface area (Å²) in [6.45, 7) is 1.04. The van der Waals surface area contributed by atoms with Crippen LogP contribution in [0.4, 0.5) is 0 Å². The van der Waals surface area contributed by atoms with Gasteiger partial charge in [-0.25, -0.2) is 4.79 Å². The third-order valence-corrected chi connectivity index (χ3v) is 4.30. The van der Waals surface area contributed by atoms with Gasteiger partial charge in [-0.05, 0) is 0 Å². The lowest BCUT2D eigenvalue weighted by Gasteiger charge is -2.12. The minimum Gasteiger partial charge on any atom is -0.446 e. The maximum Gasteiger partial charge on any atom is 0.335 e. The van der Waals surface area contributed by atoms with Crippen LogP contribution in [0.3, 0.4) is 0 Å². The highest BCUT2D eigenvalue weighted by molar-refractivity contribution is 6.12. The Kier molecular flexibility index (Phi) is 10.2. The molecule has 1 aliphatic carbocycles. The van der Waals surface area contributed by atoms with Crippen molar-refractivity contribution in [3.63, 3.8) is 0 Å². The Morgan fingerprint density at radius 1 is 0.677 bits per heavy atom. The van der Waals surface area contributed by atoms with Gasteiger partial charge in [0.15, 0.2) is 11.6 Å². The third kappa shape index (κ3) is 8.52. The van der Waals surface area contributed by atoms with Gasteiger partial charge in [0.05, 0.1) is 52.5 Å². The van der Waals surface area contributed by atoms with Crippen molar-refractivity contribution in [1.82, 2.24) is 5.06 Å². The van der Waals surface area contributed by atoms with Gasteiger partial charge in [0.25, 0.3) is 11.8 Å². The average Bonchev–Trinajstić information content (AvgIpc) is 3.22. The SMILES string of the molecule is O=C(CCOCCOCCOCCC(=O)ON1C(=O)CCC1=O)OC1C(=O)CCC1=O. The molecule has 2 amide bonds. The van der Waals surface area contributed by atoms with E-state index in [1.54, 1.807) is 0 Å². The van der Waals surface area contributed by atoms with Crippen molar-refractivity contribution in [2.45, 2.75) is 44.6 Å². The van der Waals surface area contributed by atoms with Gasteiger partial charge in [-0.2, -0.15) is 0 Å². The molecule has 31 heavy (non-hydrogen) atoms. The number of hydroxylamine groups is 2. The molecule has 1 saturated carbocycles. The quantitative estimate of drug-likeness (QED) is 0.144. The normalized spacial score (nSPS) is 17.0. The smallest absolute Gasteiger partial charge is 0.335 e. The number of rotatable bonds is 14. The highest BCUT2D eigenvalue weighted by atomic mass is 16.7. The first kappa shape index (κ1) is 24.6. The van der Waals surface area contributed by atoms with E-state index in [9.17, 15) is 28.8 Å². The number of imide groups is 1. The van der Waals surface area contributed by atoms with Crippen molar-refractivity contribution in [2.75, 3.05) is 39.6 Å². The molecular formula is C19H25NO11. The van der Waals surface area contributed by atoms with Gasteiger partial charge in [0, 0.05) is 25.7 Å². The van der Waals surface area contributed by atoms with Crippen LogP contribution in [0.5, 0.6) is 0 Å². The topological polar surface area (TPSA) is 152 Å². The maximum absolute atomic E-state index is 11.6. The fraction of sp³-hybridized carbons (Fsp3) is 0.684. The molecule has 0 aromatic rings. The van der Waals surface area contributed by atoms with Gasteiger partial charge in [0.1, 0.15) is 0 Å². The molecule has 0 unspecified atom stereocenters. The van der Waals surface area contributed by atoms with E-state index < -0.39 is 29.9 Å². The molecule has 1 heterocycles. The second-order valence-corrected chi connectivity index (χ2v) is 6.68. The minimum absolute atomic E-state index is 0.0379. The van der Waals surface area contributed by atoms with Gasteiger partial charge in [0.2, 0.25) is 6.10 Å². The van der Waals surface area contributed by atoms with E-state index in [-0.39, 0.29) is 89.7 Å². The van der Waals surface area contributed by atoms with Crippen molar-refractivity contribution >= 4 is 35.3 Å². The van der Waals surface area contributed by atoms with E-state index in [1.165, 1.54) is 0 Å². The van der Waals surface area contributed by atoms with Crippen LogP contribution in [0.25, 0.3) is 0 Å². The van der Waals surface area contributed by atoms with Crippen LogP contribution >= 0.6 is 0 Å². The van der Waals surface area contributed by atoms with Gasteiger partial charge >= 0.3 is 11.9 Å². The third-order valence-electron chi connectivity index (χ3n) is 4.30. The molecule has 1 aliphatic heterocycles. The first-order chi connectivity index (χ1) is 14.9. The van der Waals surface area contributed by atoms with Crippen LogP contribution in [-0.2, 0) is 52.6 Å². The lowest BCUT2D eigenvalue weighted by molar-refractivity contribution is -0.198. The van der Waals surface area contributed by atoms with Gasteiger partial charge < -0.3 is 23.8 Å². The molecule has 12 heteroatoms. The Morgan fingerprint density at radius 3 is 1.65 bits per heavy atom. The molecule has 0 spiro atoms. The summed E-state index contributed by atoms with van der Waals surface area (Å²) in [5.74, 6) is -3.22. The standard InChI is InChI=1S/C19H25NO11/c21-13-1-2-14(22)19(13)30-17(25)5-7-27-9-11-29-12-10-28-8-6-18(26)31-20-15(23)3-4-16(20)24/h19H,1-12H2. The maximum atomic E-state index is 11.6. The number of esters is 1. The van der Waals surface area contributed by atoms with Crippen LogP contribution in [0, 0.1) is 0 Å². The van der Waals surface area contributed by atoms with E-state index in [4.69, 9.17) is 18.9 Å². The number of hydrogen-bond acceptors (Lipinski definition) is 11. The van der Waals surface area contributed by atoms with Crippen molar-refractivity contribution < 1.29 is 52.6 Å². The number of ether oxygens (including phenoxy) is 4. The number of nitrogens with zero attached hydrogens (tertiary/aromatic N) is 1. The van der Waals surface area contributed by atoms with E-state index in [1.807, 2.05) is 0 Å². The van der Waals surface area contributed by atoms with Crippen molar-refractivity contribution in [2.24, 2.45) is 0 Å². The van der Waals surface area contributed by atoms with E-state index in [2.05, 4.69) is 4.84 Å². The summed E-state index contributed by atoms with van der Waals surface area (Å²) in [4.78, 5) is 73.2. The summed E-state index contributed by atoms with van der Waals surface area (Å²) in [6, 6.07) is 0. The first-order valence-corrected chi connectivity index (χ1v) is 9.93. The molecule has 1 saturated heterocycles. The molecule has 12 nitrogen and oxygen atoms in total. The second-order valence-electron chi connectivity index (χ2n) is 6.68. The molecule has 0 atom stereocenters. The fourth-order valence-electron chi connectivity index (χ4n) is 2.67. The van der Waals surface area contributed by atoms with Crippen LogP contribution in [0.1, 0.15) is 38.5 Å². The molecule has 172 valence electrons. The number of amides is 2. The molecule has 2 aliphatic rings. The Bertz CT molecular complexity index is 615.